The summed E-state index contributed by atoms with van der Waals surface area (Å²) in [7, 11) is 0. The van der Waals surface area contributed by atoms with Crippen LogP contribution in [0.2, 0.25) is 0 Å². The fourth-order valence-corrected chi connectivity index (χ4v) is 4.79. The Morgan fingerprint density at radius 2 is 1.42 bits per heavy atom. The van der Waals surface area contributed by atoms with Crippen LogP contribution in [0.15, 0.2) is 121 Å². The van der Waals surface area contributed by atoms with Gasteiger partial charge in [0.25, 0.3) is 0 Å². The van der Waals surface area contributed by atoms with Gasteiger partial charge in [-0.3, -0.25) is 14.7 Å². The minimum Gasteiger partial charge on any atom is -0.302 e. The van der Waals surface area contributed by atoms with Crippen LogP contribution in [0.4, 0.5) is 11.4 Å². The second-order valence-corrected chi connectivity index (χ2v) is 9.07. The predicted molar refractivity (Wildman–Crippen MR) is 144 cm³/mol. The first-order valence-corrected chi connectivity index (χ1v) is 12.7. The largest absolute Gasteiger partial charge is 0.302 e. The summed E-state index contributed by atoms with van der Waals surface area (Å²) in [6, 6.07) is 33.6. The van der Waals surface area contributed by atoms with Crippen LogP contribution in [0.25, 0.3) is 11.4 Å². The van der Waals surface area contributed by atoms with Crippen molar-refractivity contribution in [3.05, 3.63) is 121 Å². The first-order valence-electron chi connectivity index (χ1n) is 11.7. The molecule has 0 spiro atoms. The maximum absolute atomic E-state index is 13.5. The average molecular weight is 492 g/mol. The lowest BCUT2D eigenvalue weighted by atomic mass is 10.1. The molecule has 0 fully saturated rings. The number of thioether (sulfide) groups is 1. The van der Waals surface area contributed by atoms with Crippen molar-refractivity contribution in [3.8, 4) is 11.4 Å². The number of amides is 1. The number of aryl methyl sites for hydroxylation is 1. The lowest BCUT2D eigenvalue weighted by molar-refractivity contribution is -0.115. The third-order valence-electron chi connectivity index (χ3n) is 5.71. The molecule has 0 radical (unpaired) electrons. The normalized spacial score (nSPS) is 10.8. The molecule has 36 heavy (non-hydrogen) atoms. The molecule has 0 atom stereocenters. The van der Waals surface area contributed by atoms with Crippen LogP contribution in [0.1, 0.15) is 5.56 Å². The Morgan fingerprint density at radius 3 is 2.03 bits per heavy atom. The van der Waals surface area contributed by atoms with Crippen molar-refractivity contribution < 1.29 is 4.79 Å². The lowest BCUT2D eigenvalue weighted by Crippen LogP contribution is -2.27. The Bertz CT molecular complexity index is 1350. The highest BCUT2D eigenvalue weighted by atomic mass is 32.2. The fraction of sp³-hybridized carbons (Fsp3) is 0.103. The number of rotatable bonds is 9. The highest BCUT2D eigenvalue weighted by molar-refractivity contribution is 7.99. The fourth-order valence-electron chi connectivity index (χ4n) is 3.97. The Labute approximate surface area is 214 Å². The number of aromatic nitrogens is 4. The molecule has 2 heterocycles. The molecule has 0 aliphatic carbocycles. The van der Waals surface area contributed by atoms with Crippen molar-refractivity contribution in [3.63, 3.8) is 0 Å². The zero-order valence-corrected chi connectivity index (χ0v) is 20.5. The molecule has 2 aromatic heterocycles. The topological polar surface area (TPSA) is 63.9 Å². The summed E-state index contributed by atoms with van der Waals surface area (Å²) in [5, 5.41) is 9.63. The molecule has 0 saturated heterocycles. The summed E-state index contributed by atoms with van der Waals surface area (Å²) in [6.07, 6.45) is 4.35. The van der Waals surface area contributed by atoms with Gasteiger partial charge in [0.1, 0.15) is 0 Å². The standard InChI is InChI=1S/C29H25N5OS/c35-27(34(25-14-6-2-7-15-25)26-16-8-3-9-17-26)22-36-29-32-31-28(24-13-10-19-30-21-24)33(29)20-18-23-11-4-1-5-12-23/h1-17,19,21H,18,20,22H2. The van der Waals surface area contributed by atoms with Crippen LogP contribution in [-0.4, -0.2) is 31.4 Å². The third kappa shape index (κ3) is 5.53. The van der Waals surface area contributed by atoms with Crippen molar-refractivity contribution >= 4 is 29.0 Å². The number of hydrogen-bond donors (Lipinski definition) is 0. The molecule has 0 aliphatic rings. The molecule has 0 saturated carbocycles. The van der Waals surface area contributed by atoms with E-state index < -0.39 is 0 Å². The van der Waals surface area contributed by atoms with E-state index in [0.717, 1.165) is 29.2 Å². The summed E-state index contributed by atoms with van der Waals surface area (Å²) in [6.45, 7) is 0.693. The van der Waals surface area contributed by atoms with Gasteiger partial charge >= 0.3 is 0 Å². The van der Waals surface area contributed by atoms with E-state index in [9.17, 15) is 4.79 Å². The van der Waals surface area contributed by atoms with Gasteiger partial charge in [0.05, 0.1) is 5.75 Å². The van der Waals surface area contributed by atoms with Crippen molar-refractivity contribution in [2.45, 2.75) is 18.1 Å². The Balaban J connectivity index is 1.40. The highest BCUT2D eigenvalue weighted by Crippen LogP contribution is 2.29. The quantitative estimate of drug-likeness (QED) is 0.235. The SMILES string of the molecule is O=C(CSc1nnc(-c2cccnc2)n1CCc1ccccc1)N(c1ccccc1)c1ccccc1. The molecule has 5 rings (SSSR count). The maximum atomic E-state index is 13.5. The lowest BCUT2D eigenvalue weighted by Gasteiger charge is -2.23. The van der Waals surface area contributed by atoms with Gasteiger partial charge in [0.2, 0.25) is 5.91 Å². The second-order valence-electron chi connectivity index (χ2n) is 8.12. The zero-order valence-electron chi connectivity index (χ0n) is 19.6. The van der Waals surface area contributed by atoms with E-state index in [4.69, 9.17) is 0 Å². The monoisotopic (exact) mass is 491 g/mol. The van der Waals surface area contributed by atoms with E-state index >= 15 is 0 Å². The van der Waals surface area contributed by atoms with E-state index in [1.165, 1.54) is 17.3 Å². The summed E-state index contributed by atoms with van der Waals surface area (Å²) in [5.41, 5.74) is 3.79. The molecule has 1 amide bonds. The van der Waals surface area contributed by atoms with Gasteiger partial charge in [-0.25, -0.2) is 0 Å². The van der Waals surface area contributed by atoms with E-state index in [1.807, 2.05) is 91.0 Å². The molecule has 0 unspecified atom stereocenters. The number of para-hydroxylation sites is 2. The minimum absolute atomic E-state index is 0.0297. The number of pyridine rings is 1. The zero-order chi connectivity index (χ0) is 24.6. The van der Waals surface area contributed by atoms with Crippen LogP contribution in [-0.2, 0) is 17.8 Å². The minimum atomic E-state index is -0.0297. The maximum Gasteiger partial charge on any atom is 0.242 e. The number of benzene rings is 3. The van der Waals surface area contributed by atoms with E-state index in [0.29, 0.717) is 11.7 Å². The van der Waals surface area contributed by atoms with Crippen molar-refractivity contribution in [1.82, 2.24) is 19.7 Å². The van der Waals surface area contributed by atoms with Gasteiger partial charge in [-0.1, -0.05) is 78.5 Å². The predicted octanol–water partition coefficient (Wildman–Crippen LogP) is 6.04. The van der Waals surface area contributed by atoms with Crippen LogP contribution < -0.4 is 4.90 Å². The molecule has 178 valence electrons. The van der Waals surface area contributed by atoms with E-state index in [2.05, 4.69) is 31.9 Å². The number of anilines is 2. The number of carbonyl (C=O) groups excluding carboxylic acids is 1. The van der Waals surface area contributed by atoms with Crippen LogP contribution >= 0.6 is 11.8 Å². The molecule has 0 bridgehead atoms. The van der Waals surface area contributed by atoms with Gasteiger partial charge in [-0.05, 0) is 48.4 Å². The third-order valence-corrected chi connectivity index (χ3v) is 6.66. The van der Waals surface area contributed by atoms with Gasteiger partial charge in [0, 0.05) is 35.9 Å². The average Bonchev–Trinajstić information content (AvgIpc) is 3.36. The number of carbonyl (C=O) groups is 1. The summed E-state index contributed by atoms with van der Waals surface area (Å²) < 4.78 is 2.08. The van der Waals surface area contributed by atoms with Crippen LogP contribution in [0.5, 0.6) is 0 Å². The molecule has 0 N–H and O–H groups in total. The first kappa shape index (κ1) is 23.5. The van der Waals surface area contributed by atoms with Crippen molar-refractivity contribution in [1.29, 1.82) is 0 Å². The van der Waals surface area contributed by atoms with Gasteiger partial charge in [-0.15, -0.1) is 10.2 Å². The number of nitrogens with zero attached hydrogens (tertiary/aromatic N) is 5. The van der Waals surface area contributed by atoms with Gasteiger partial charge in [0.15, 0.2) is 11.0 Å². The second kappa shape index (κ2) is 11.5. The van der Waals surface area contributed by atoms with Gasteiger partial charge < -0.3 is 4.57 Å². The van der Waals surface area contributed by atoms with Crippen LogP contribution in [0, 0.1) is 0 Å². The Kier molecular flexibility index (Phi) is 7.49. The van der Waals surface area contributed by atoms with E-state index in [-0.39, 0.29) is 11.7 Å². The van der Waals surface area contributed by atoms with Crippen LogP contribution in [0.3, 0.4) is 0 Å². The molecular weight excluding hydrogens is 466 g/mol. The molecule has 0 aliphatic heterocycles. The Hall–Kier alpha value is -4.23. The molecule has 6 nitrogen and oxygen atoms in total. The summed E-state index contributed by atoms with van der Waals surface area (Å²) in [4.78, 5) is 19.5. The molecular formula is C29H25N5OS. The summed E-state index contributed by atoms with van der Waals surface area (Å²) >= 11 is 1.40. The highest BCUT2D eigenvalue weighted by Gasteiger charge is 2.21. The molecule has 3 aromatic carbocycles. The Morgan fingerprint density at radius 1 is 0.778 bits per heavy atom. The van der Waals surface area contributed by atoms with Crippen molar-refractivity contribution in [2.75, 3.05) is 10.7 Å². The molecule has 7 heteroatoms. The number of hydrogen-bond acceptors (Lipinski definition) is 5. The first-order chi connectivity index (χ1) is 17.8. The van der Waals surface area contributed by atoms with E-state index in [1.54, 1.807) is 17.3 Å². The van der Waals surface area contributed by atoms with Crippen molar-refractivity contribution in [2.24, 2.45) is 0 Å². The smallest absolute Gasteiger partial charge is 0.242 e. The van der Waals surface area contributed by atoms with Gasteiger partial charge in [-0.2, -0.15) is 0 Å². The summed E-state index contributed by atoms with van der Waals surface area (Å²) in [5.74, 6) is 0.940. The molecule has 5 aromatic rings.